The maximum Gasteiger partial charge on any atom is 0.317 e. The molecule has 0 spiro atoms. The predicted molar refractivity (Wildman–Crippen MR) is 75.0 cm³/mol. The lowest BCUT2D eigenvalue weighted by atomic mass is 9.93. The SMILES string of the molecule is Cc1cnn(CCCNC(=O)N2CCC(C)(C)C2)c1. The molecule has 5 nitrogen and oxygen atoms in total. The Bertz CT molecular complexity index is 438. The largest absolute Gasteiger partial charge is 0.338 e. The molecule has 0 aromatic carbocycles. The summed E-state index contributed by atoms with van der Waals surface area (Å²) in [5.41, 5.74) is 1.44. The highest BCUT2D eigenvalue weighted by molar-refractivity contribution is 5.74. The summed E-state index contributed by atoms with van der Waals surface area (Å²) in [5.74, 6) is 0. The van der Waals surface area contributed by atoms with Crippen molar-refractivity contribution < 1.29 is 4.79 Å². The third-order valence-electron chi connectivity index (χ3n) is 3.57. The summed E-state index contributed by atoms with van der Waals surface area (Å²) in [7, 11) is 0. The van der Waals surface area contributed by atoms with Gasteiger partial charge in [-0.3, -0.25) is 4.68 Å². The highest BCUT2D eigenvalue weighted by atomic mass is 16.2. The van der Waals surface area contributed by atoms with E-state index in [9.17, 15) is 4.79 Å². The van der Waals surface area contributed by atoms with Gasteiger partial charge in [0.15, 0.2) is 0 Å². The summed E-state index contributed by atoms with van der Waals surface area (Å²) in [5, 5.41) is 7.21. The lowest BCUT2D eigenvalue weighted by Crippen LogP contribution is -2.39. The first-order valence-corrected chi connectivity index (χ1v) is 6.98. The van der Waals surface area contributed by atoms with Crippen LogP contribution < -0.4 is 5.32 Å². The molecule has 1 aliphatic rings. The number of carbonyl (C=O) groups is 1. The normalized spacial score (nSPS) is 17.7. The lowest BCUT2D eigenvalue weighted by molar-refractivity contribution is 0.203. The zero-order valence-electron chi connectivity index (χ0n) is 12.1. The van der Waals surface area contributed by atoms with Crippen LogP contribution in [-0.2, 0) is 6.54 Å². The van der Waals surface area contributed by atoms with Gasteiger partial charge < -0.3 is 10.2 Å². The van der Waals surface area contributed by atoms with Crippen molar-refractivity contribution in [1.29, 1.82) is 0 Å². The molecule has 0 bridgehead atoms. The fraction of sp³-hybridized carbons (Fsp3) is 0.714. The molecule has 1 aromatic rings. The van der Waals surface area contributed by atoms with Gasteiger partial charge in [-0.1, -0.05) is 13.8 Å². The summed E-state index contributed by atoms with van der Waals surface area (Å²) >= 11 is 0. The van der Waals surface area contributed by atoms with E-state index in [1.54, 1.807) is 0 Å². The van der Waals surface area contributed by atoms with Crippen molar-refractivity contribution in [2.45, 2.75) is 40.2 Å². The molecule has 19 heavy (non-hydrogen) atoms. The number of likely N-dealkylation sites (tertiary alicyclic amines) is 1. The summed E-state index contributed by atoms with van der Waals surface area (Å²) in [4.78, 5) is 13.9. The lowest BCUT2D eigenvalue weighted by Gasteiger charge is -2.20. The van der Waals surface area contributed by atoms with Gasteiger partial charge in [-0.05, 0) is 30.7 Å². The van der Waals surface area contributed by atoms with E-state index in [1.165, 1.54) is 5.56 Å². The minimum absolute atomic E-state index is 0.0715. The molecule has 1 N–H and O–H groups in total. The third-order valence-corrected chi connectivity index (χ3v) is 3.57. The van der Waals surface area contributed by atoms with E-state index in [4.69, 9.17) is 0 Å². The van der Waals surface area contributed by atoms with E-state index in [1.807, 2.05) is 28.9 Å². The van der Waals surface area contributed by atoms with E-state index in [0.29, 0.717) is 6.54 Å². The first-order chi connectivity index (χ1) is 8.96. The quantitative estimate of drug-likeness (QED) is 0.846. The Labute approximate surface area is 115 Å². The molecule has 1 fully saturated rings. The van der Waals surface area contributed by atoms with Crippen LogP contribution in [0.2, 0.25) is 0 Å². The average Bonchev–Trinajstić information content (AvgIpc) is 2.90. The Hall–Kier alpha value is -1.52. The Kier molecular flexibility index (Phi) is 4.12. The van der Waals surface area contributed by atoms with E-state index in [-0.39, 0.29) is 11.4 Å². The van der Waals surface area contributed by atoms with Gasteiger partial charge in [-0.25, -0.2) is 4.79 Å². The predicted octanol–water partition coefficient (Wildman–Crippen LogP) is 2.02. The molecular formula is C14H24N4O. The van der Waals surface area contributed by atoms with Gasteiger partial charge in [-0.15, -0.1) is 0 Å². The number of nitrogens with zero attached hydrogens (tertiary/aromatic N) is 3. The first kappa shape index (κ1) is 13.9. The maximum atomic E-state index is 11.9. The zero-order valence-corrected chi connectivity index (χ0v) is 12.1. The number of aryl methyl sites for hydroxylation is 2. The molecule has 1 saturated heterocycles. The Balaban J connectivity index is 1.64. The molecule has 2 heterocycles. The van der Waals surface area contributed by atoms with Crippen LogP contribution in [0.5, 0.6) is 0 Å². The minimum atomic E-state index is 0.0715. The molecule has 2 amide bonds. The molecule has 2 rings (SSSR count). The smallest absolute Gasteiger partial charge is 0.317 e. The topological polar surface area (TPSA) is 50.2 Å². The number of carbonyl (C=O) groups excluding carboxylic acids is 1. The maximum absolute atomic E-state index is 11.9. The van der Waals surface area contributed by atoms with Crippen molar-refractivity contribution in [1.82, 2.24) is 20.0 Å². The van der Waals surface area contributed by atoms with Crippen molar-refractivity contribution >= 4 is 6.03 Å². The van der Waals surface area contributed by atoms with Gasteiger partial charge >= 0.3 is 6.03 Å². The molecule has 5 heteroatoms. The van der Waals surface area contributed by atoms with E-state index in [0.717, 1.165) is 32.5 Å². The van der Waals surface area contributed by atoms with Crippen LogP contribution in [0.15, 0.2) is 12.4 Å². The van der Waals surface area contributed by atoms with Crippen LogP contribution in [-0.4, -0.2) is 40.3 Å². The van der Waals surface area contributed by atoms with Crippen molar-refractivity contribution in [3.8, 4) is 0 Å². The summed E-state index contributed by atoms with van der Waals surface area (Å²) in [6.45, 7) is 9.73. The number of aromatic nitrogens is 2. The number of rotatable bonds is 4. The van der Waals surface area contributed by atoms with Crippen molar-refractivity contribution in [3.63, 3.8) is 0 Å². The monoisotopic (exact) mass is 264 g/mol. The van der Waals surface area contributed by atoms with Crippen LogP contribution in [0.1, 0.15) is 32.3 Å². The van der Waals surface area contributed by atoms with Crippen LogP contribution in [0, 0.1) is 12.3 Å². The van der Waals surface area contributed by atoms with Crippen LogP contribution in [0.3, 0.4) is 0 Å². The Morgan fingerprint density at radius 1 is 1.53 bits per heavy atom. The van der Waals surface area contributed by atoms with Gasteiger partial charge in [0.2, 0.25) is 0 Å². The molecule has 0 atom stereocenters. The van der Waals surface area contributed by atoms with E-state index >= 15 is 0 Å². The van der Waals surface area contributed by atoms with E-state index < -0.39 is 0 Å². The standard InChI is InChI=1S/C14H24N4O/c1-12-9-16-18(10-12)7-4-6-15-13(19)17-8-5-14(2,3)11-17/h9-10H,4-8,11H2,1-3H3,(H,15,19). The van der Waals surface area contributed by atoms with Gasteiger partial charge in [0.25, 0.3) is 0 Å². The fourth-order valence-corrected chi connectivity index (χ4v) is 2.42. The molecule has 0 aliphatic carbocycles. The van der Waals surface area contributed by atoms with Gasteiger partial charge in [-0.2, -0.15) is 5.10 Å². The highest BCUT2D eigenvalue weighted by Crippen LogP contribution is 2.28. The molecule has 1 aromatic heterocycles. The Morgan fingerprint density at radius 2 is 2.32 bits per heavy atom. The molecule has 106 valence electrons. The second kappa shape index (κ2) is 5.63. The second-order valence-electron chi connectivity index (χ2n) is 6.20. The summed E-state index contributed by atoms with van der Waals surface area (Å²) in [6.07, 6.45) is 5.87. The third kappa shape index (κ3) is 3.98. The average molecular weight is 264 g/mol. The second-order valence-corrected chi connectivity index (χ2v) is 6.20. The number of urea groups is 1. The number of hydrogen-bond acceptors (Lipinski definition) is 2. The summed E-state index contributed by atoms with van der Waals surface area (Å²) < 4.78 is 1.92. The van der Waals surface area contributed by atoms with Gasteiger partial charge in [0.05, 0.1) is 6.20 Å². The van der Waals surface area contributed by atoms with Gasteiger partial charge in [0.1, 0.15) is 0 Å². The van der Waals surface area contributed by atoms with Crippen LogP contribution >= 0.6 is 0 Å². The molecule has 0 radical (unpaired) electrons. The van der Waals surface area contributed by atoms with Crippen LogP contribution in [0.4, 0.5) is 4.79 Å². The highest BCUT2D eigenvalue weighted by Gasteiger charge is 2.31. The minimum Gasteiger partial charge on any atom is -0.338 e. The van der Waals surface area contributed by atoms with E-state index in [2.05, 4.69) is 24.3 Å². The zero-order chi connectivity index (χ0) is 13.9. The fourth-order valence-electron chi connectivity index (χ4n) is 2.42. The number of hydrogen-bond donors (Lipinski definition) is 1. The Morgan fingerprint density at radius 3 is 2.89 bits per heavy atom. The first-order valence-electron chi connectivity index (χ1n) is 6.98. The molecule has 0 unspecified atom stereocenters. The molecule has 0 saturated carbocycles. The van der Waals surface area contributed by atoms with Crippen molar-refractivity contribution in [3.05, 3.63) is 18.0 Å². The number of amides is 2. The molecule has 1 aliphatic heterocycles. The molecular weight excluding hydrogens is 240 g/mol. The van der Waals surface area contributed by atoms with Crippen molar-refractivity contribution in [2.24, 2.45) is 5.41 Å². The van der Waals surface area contributed by atoms with Gasteiger partial charge in [0, 0.05) is 32.4 Å². The number of nitrogens with one attached hydrogen (secondary N) is 1. The van der Waals surface area contributed by atoms with Crippen molar-refractivity contribution in [2.75, 3.05) is 19.6 Å². The van der Waals surface area contributed by atoms with Crippen LogP contribution in [0.25, 0.3) is 0 Å². The summed E-state index contributed by atoms with van der Waals surface area (Å²) in [6, 6.07) is 0.0715.